The van der Waals surface area contributed by atoms with Gasteiger partial charge in [-0.05, 0) is 35.4 Å². The lowest BCUT2D eigenvalue weighted by Crippen LogP contribution is -2.11. The molecule has 0 aromatic heterocycles. The molecule has 2 atom stereocenters. The van der Waals surface area contributed by atoms with Crippen LogP contribution in [0.4, 0.5) is 0 Å². The Kier molecular flexibility index (Phi) is 3.88. The molecule has 1 saturated carbocycles. The first-order valence-corrected chi connectivity index (χ1v) is 7.58. The molecule has 1 N–H and O–H groups in total. The van der Waals surface area contributed by atoms with Gasteiger partial charge in [-0.1, -0.05) is 67.9 Å². The third-order valence-corrected chi connectivity index (χ3v) is 4.63. The molecule has 1 heteroatoms. The van der Waals surface area contributed by atoms with Crippen LogP contribution in [0.3, 0.4) is 0 Å². The molecule has 1 nitrogen and oxygen atoms in total. The first-order chi connectivity index (χ1) is 9.75. The fourth-order valence-corrected chi connectivity index (χ4v) is 2.97. The van der Waals surface area contributed by atoms with Crippen LogP contribution in [0.2, 0.25) is 0 Å². The number of aliphatic hydroxyl groups excluding tert-OH is 1. The van der Waals surface area contributed by atoms with E-state index < -0.39 is 6.10 Å². The van der Waals surface area contributed by atoms with Crippen molar-refractivity contribution in [1.29, 1.82) is 0 Å². The molecular weight excluding hydrogens is 244 g/mol. The zero-order valence-electron chi connectivity index (χ0n) is 12.0. The lowest BCUT2D eigenvalue weighted by atomic mass is 9.79. The average molecular weight is 266 g/mol. The maximum atomic E-state index is 10.6. The standard InChI is InChI=1S/C19H22O/c1-14(15-7-3-2-4-8-15)19(20)18-12-6-11-17(13-18)16-9-5-10-16/h2-4,6-8,11-14,16,19-20H,5,9-10H2,1H3. The number of rotatable bonds is 4. The van der Waals surface area contributed by atoms with Gasteiger partial charge in [0.1, 0.15) is 0 Å². The summed E-state index contributed by atoms with van der Waals surface area (Å²) in [4.78, 5) is 0. The Bertz CT molecular complexity index is 557. The van der Waals surface area contributed by atoms with E-state index in [4.69, 9.17) is 0 Å². The summed E-state index contributed by atoms with van der Waals surface area (Å²) in [5.41, 5.74) is 3.63. The lowest BCUT2D eigenvalue weighted by molar-refractivity contribution is 0.151. The summed E-state index contributed by atoms with van der Waals surface area (Å²) in [6.07, 6.45) is 3.51. The molecule has 0 radical (unpaired) electrons. The minimum Gasteiger partial charge on any atom is -0.388 e. The second kappa shape index (κ2) is 5.80. The van der Waals surface area contributed by atoms with Crippen LogP contribution in [0, 0.1) is 0 Å². The van der Waals surface area contributed by atoms with Crippen molar-refractivity contribution in [3.8, 4) is 0 Å². The molecule has 3 rings (SSSR count). The normalized spacial score (nSPS) is 18.3. The van der Waals surface area contributed by atoms with E-state index >= 15 is 0 Å². The smallest absolute Gasteiger partial charge is 0.0855 e. The number of hydrogen-bond donors (Lipinski definition) is 1. The maximum absolute atomic E-state index is 10.6. The summed E-state index contributed by atoms with van der Waals surface area (Å²) >= 11 is 0. The van der Waals surface area contributed by atoms with Gasteiger partial charge in [0, 0.05) is 5.92 Å². The molecular formula is C19H22O. The Morgan fingerprint density at radius 3 is 2.30 bits per heavy atom. The second-order valence-electron chi connectivity index (χ2n) is 5.94. The summed E-state index contributed by atoms with van der Waals surface area (Å²) in [6, 6.07) is 18.8. The number of benzene rings is 2. The Hall–Kier alpha value is -1.60. The Morgan fingerprint density at radius 1 is 0.950 bits per heavy atom. The first-order valence-electron chi connectivity index (χ1n) is 7.58. The van der Waals surface area contributed by atoms with Gasteiger partial charge in [0.25, 0.3) is 0 Å². The Morgan fingerprint density at radius 2 is 1.65 bits per heavy atom. The molecule has 0 aliphatic heterocycles. The molecule has 0 heterocycles. The van der Waals surface area contributed by atoms with Gasteiger partial charge in [0.05, 0.1) is 6.10 Å². The van der Waals surface area contributed by atoms with Crippen LogP contribution >= 0.6 is 0 Å². The van der Waals surface area contributed by atoms with Gasteiger partial charge in [0.15, 0.2) is 0 Å². The van der Waals surface area contributed by atoms with Crippen LogP contribution in [-0.2, 0) is 0 Å². The van der Waals surface area contributed by atoms with Crippen LogP contribution in [-0.4, -0.2) is 5.11 Å². The predicted octanol–water partition coefficient (Wildman–Crippen LogP) is 4.79. The fourth-order valence-electron chi connectivity index (χ4n) is 2.97. The third-order valence-electron chi connectivity index (χ3n) is 4.63. The topological polar surface area (TPSA) is 20.2 Å². The van der Waals surface area contributed by atoms with Gasteiger partial charge in [-0.3, -0.25) is 0 Å². The largest absolute Gasteiger partial charge is 0.388 e. The molecule has 20 heavy (non-hydrogen) atoms. The average Bonchev–Trinajstić information content (AvgIpc) is 2.45. The molecule has 0 amide bonds. The van der Waals surface area contributed by atoms with Crippen LogP contribution in [0.1, 0.15) is 60.8 Å². The molecule has 1 aliphatic rings. The van der Waals surface area contributed by atoms with E-state index in [1.807, 2.05) is 24.3 Å². The fraction of sp³-hybridized carbons (Fsp3) is 0.368. The highest BCUT2D eigenvalue weighted by Crippen LogP contribution is 2.38. The third kappa shape index (κ3) is 2.64. The molecule has 2 unspecified atom stereocenters. The molecule has 0 bridgehead atoms. The van der Waals surface area contributed by atoms with Crippen LogP contribution in [0.25, 0.3) is 0 Å². The van der Waals surface area contributed by atoms with E-state index in [1.54, 1.807) is 0 Å². The van der Waals surface area contributed by atoms with Crippen LogP contribution < -0.4 is 0 Å². The molecule has 2 aromatic rings. The van der Waals surface area contributed by atoms with Gasteiger partial charge >= 0.3 is 0 Å². The minimum atomic E-state index is -0.433. The highest BCUT2D eigenvalue weighted by atomic mass is 16.3. The highest BCUT2D eigenvalue weighted by molar-refractivity contribution is 5.31. The Labute approximate surface area is 121 Å². The van der Waals surface area contributed by atoms with E-state index in [2.05, 4.69) is 37.3 Å². The minimum absolute atomic E-state index is 0.118. The predicted molar refractivity (Wildman–Crippen MR) is 82.9 cm³/mol. The van der Waals surface area contributed by atoms with Gasteiger partial charge in [-0.2, -0.15) is 0 Å². The summed E-state index contributed by atoms with van der Waals surface area (Å²) in [5, 5.41) is 10.6. The number of hydrogen-bond acceptors (Lipinski definition) is 1. The molecule has 0 saturated heterocycles. The van der Waals surface area contributed by atoms with E-state index in [0.717, 1.165) is 5.56 Å². The van der Waals surface area contributed by atoms with Crippen molar-refractivity contribution in [2.45, 2.75) is 44.1 Å². The summed E-state index contributed by atoms with van der Waals surface area (Å²) in [7, 11) is 0. The molecule has 1 fully saturated rings. The molecule has 104 valence electrons. The van der Waals surface area contributed by atoms with E-state index in [1.165, 1.54) is 30.4 Å². The summed E-state index contributed by atoms with van der Waals surface area (Å²) < 4.78 is 0. The highest BCUT2D eigenvalue weighted by Gasteiger charge is 2.22. The summed E-state index contributed by atoms with van der Waals surface area (Å²) in [5.74, 6) is 0.835. The van der Waals surface area contributed by atoms with E-state index in [9.17, 15) is 5.11 Å². The molecule has 0 spiro atoms. The van der Waals surface area contributed by atoms with Gasteiger partial charge in [-0.15, -0.1) is 0 Å². The van der Waals surface area contributed by atoms with Gasteiger partial charge in [0.2, 0.25) is 0 Å². The Balaban J connectivity index is 1.81. The number of aliphatic hydroxyl groups is 1. The van der Waals surface area contributed by atoms with Crippen LogP contribution in [0.15, 0.2) is 54.6 Å². The second-order valence-corrected chi connectivity index (χ2v) is 5.94. The van der Waals surface area contributed by atoms with Crippen molar-refractivity contribution in [3.63, 3.8) is 0 Å². The maximum Gasteiger partial charge on any atom is 0.0855 e. The van der Waals surface area contributed by atoms with Crippen molar-refractivity contribution in [3.05, 3.63) is 71.3 Å². The van der Waals surface area contributed by atoms with Crippen molar-refractivity contribution in [2.75, 3.05) is 0 Å². The lowest BCUT2D eigenvalue weighted by Gasteiger charge is -2.27. The van der Waals surface area contributed by atoms with Gasteiger partial charge < -0.3 is 5.11 Å². The zero-order valence-corrected chi connectivity index (χ0v) is 12.0. The van der Waals surface area contributed by atoms with Crippen molar-refractivity contribution in [1.82, 2.24) is 0 Å². The van der Waals surface area contributed by atoms with Crippen molar-refractivity contribution in [2.24, 2.45) is 0 Å². The zero-order chi connectivity index (χ0) is 13.9. The van der Waals surface area contributed by atoms with Crippen molar-refractivity contribution < 1.29 is 5.11 Å². The van der Waals surface area contributed by atoms with Crippen LogP contribution in [0.5, 0.6) is 0 Å². The van der Waals surface area contributed by atoms with E-state index in [0.29, 0.717) is 5.92 Å². The van der Waals surface area contributed by atoms with Gasteiger partial charge in [-0.25, -0.2) is 0 Å². The first kappa shape index (κ1) is 13.4. The molecule has 1 aliphatic carbocycles. The summed E-state index contributed by atoms with van der Waals surface area (Å²) in [6.45, 7) is 2.09. The monoisotopic (exact) mass is 266 g/mol. The molecule has 2 aromatic carbocycles. The van der Waals surface area contributed by atoms with Crippen molar-refractivity contribution >= 4 is 0 Å². The quantitative estimate of drug-likeness (QED) is 0.843. The van der Waals surface area contributed by atoms with E-state index in [-0.39, 0.29) is 5.92 Å². The SMILES string of the molecule is CC(c1ccccc1)C(O)c1cccc(C2CCC2)c1.